The molecule has 0 atom stereocenters. The molecule has 17 heavy (non-hydrogen) atoms. The zero-order chi connectivity index (χ0) is 12.3. The van der Waals surface area contributed by atoms with E-state index in [1.54, 1.807) is 7.11 Å². The SMILES string of the molecule is CCNc1ccccc1OCCOCCOC. The highest BCUT2D eigenvalue weighted by atomic mass is 16.5. The molecule has 0 saturated carbocycles. The minimum Gasteiger partial charge on any atom is -0.489 e. The van der Waals surface area contributed by atoms with Crippen LogP contribution in [0.4, 0.5) is 5.69 Å². The van der Waals surface area contributed by atoms with Gasteiger partial charge in [0.1, 0.15) is 12.4 Å². The van der Waals surface area contributed by atoms with Crippen molar-refractivity contribution < 1.29 is 14.2 Å². The smallest absolute Gasteiger partial charge is 0.142 e. The molecule has 4 nitrogen and oxygen atoms in total. The molecule has 4 heteroatoms. The zero-order valence-corrected chi connectivity index (χ0v) is 10.6. The molecule has 1 N–H and O–H groups in total. The van der Waals surface area contributed by atoms with Gasteiger partial charge in [0, 0.05) is 13.7 Å². The highest BCUT2D eigenvalue weighted by molar-refractivity contribution is 5.55. The van der Waals surface area contributed by atoms with Gasteiger partial charge in [-0.1, -0.05) is 12.1 Å². The van der Waals surface area contributed by atoms with Crippen LogP contribution >= 0.6 is 0 Å². The van der Waals surface area contributed by atoms with E-state index in [-0.39, 0.29) is 0 Å². The summed E-state index contributed by atoms with van der Waals surface area (Å²) < 4.78 is 15.8. The molecule has 0 amide bonds. The molecule has 0 radical (unpaired) electrons. The molecule has 0 fully saturated rings. The number of hydrogen-bond acceptors (Lipinski definition) is 4. The van der Waals surface area contributed by atoms with Crippen LogP contribution in [0, 0.1) is 0 Å². The van der Waals surface area contributed by atoms with Crippen LogP contribution in [-0.4, -0.2) is 40.1 Å². The van der Waals surface area contributed by atoms with Crippen LogP contribution in [0.15, 0.2) is 24.3 Å². The second-order valence-electron chi connectivity index (χ2n) is 3.48. The largest absolute Gasteiger partial charge is 0.489 e. The number of para-hydroxylation sites is 2. The third-order valence-corrected chi connectivity index (χ3v) is 2.17. The standard InChI is InChI=1S/C13H21NO3/c1-3-14-12-6-4-5-7-13(12)17-11-10-16-9-8-15-2/h4-7,14H,3,8-11H2,1-2H3. The Labute approximate surface area is 103 Å². The van der Waals surface area contributed by atoms with E-state index in [0.717, 1.165) is 18.0 Å². The van der Waals surface area contributed by atoms with Gasteiger partial charge in [-0.3, -0.25) is 0 Å². The van der Waals surface area contributed by atoms with Crippen LogP contribution < -0.4 is 10.1 Å². The summed E-state index contributed by atoms with van der Waals surface area (Å²) in [7, 11) is 1.66. The number of hydrogen-bond donors (Lipinski definition) is 1. The molecule has 96 valence electrons. The minimum absolute atomic E-state index is 0.548. The third-order valence-electron chi connectivity index (χ3n) is 2.17. The third kappa shape index (κ3) is 5.56. The first kappa shape index (κ1) is 13.8. The first-order valence-corrected chi connectivity index (χ1v) is 5.91. The van der Waals surface area contributed by atoms with Crippen LogP contribution in [-0.2, 0) is 9.47 Å². The topological polar surface area (TPSA) is 39.7 Å². The predicted molar refractivity (Wildman–Crippen MR) is 68.8 cm³/mol. The lowest BCUT2D eigenvalue weighted by molar-refractivity contribution is 0.0545. The lowest BCUT2D eigenvalue weighted by Crippen LogP contribution is -2.11. The zero-order valence-electron chi connectivity index (χ0n) is 10.6. The van der Waals surface area contributed by atoms with Gasteiger partial charge in [0.25, 0.3) is 0 Å². The summed E-state index contributed by atoms with van der Waals surface area (Å²) in [6, 6.07) is 7.90. The number of anilines is 1. The fourth-order valence-electron chi connectivity index (χ4n) is 1.38. The molecule has 0 aromatic heterocycles. The Hall–Kier alpha value is -1.26. The van der Waals surface area contributed by atoms with Gasteiger partial charge in [-0.15, -0.1) is 0 Å². The van der Waals surface area contributed by atoms with E-state index in [9.17, 15) is 0 Å². The Kier molecular flexibility index (Phi) is 7.18. The van der Waals surface area contributed by atoms with Gasteiger partial charge in [-0.25, -0.2) is 0 Å². The monoisotopic (exact) mass is 239 g/mol. The van der Waals surface area contributed by atoms with Crippen molar-refractivity contribution >= 4 is 5.69 Å². The van der Waals surface area contributed by atoms with E-state index >= 15 is 0 Å². The van der Waals surface area contributed by atoms with Crippen molar-refractivity contribution in [2.24, 2.45) is 0 Å². The van der Waals surface area contributed by atoms with Gasteiger partial charge in [0.15, 0.2) is 0 Å². The summed E-state index contributed by atoms with van der Waals surface area (Å²) in [6.45, 7) is 5.29. The maximum absolute atomic E-state index is 5.64. The van der Waals surface area contributed by atoms with Crippen molar-refractivity contribution in [1.29, 1.82) is 0 Å². The van der Waals surface area contributed by atoms with Gasteiger partial charge in [0.05, 0.1) is 25.5 Å². The molecule has 0 saturated heterocycles. The molecule has 1 aromatic carbocycles. The quantitative estimate of drug-likeness (QED) is 0.670. The number of benzene rings is 1. The molecular formula is C13H21NO3. The van der Waals surface area contributed by atoms with Crippen molar-refractivity contribution in [3.05, 3.63) is 24.3 Å². The molecule has 0 aliphatic rings. The molecule has 0 spiro atoms. The van der Waals surface area contributed by atoms with Gasteiger partial charge in [-0.05, 0) is 19.1 Å². The summed E-state index contributed by atoms with van der Waals surface area (Å²) in [6.07, 6.45) is 0. The van der Waals surface area contributed by atoms with Gasteiger partial charge in [0.2, 0.25) is 0 Å². The summed E-state index contributed by atoms with van der Waals surface area (Å²) in [5, 5.41) is 3.25. The van der Waals surface area contributed by atoms with Crippen molar-refractivity contribution in [2.75, 3.05) is 45.4 Å². The molecule has 1 aromatic rings. The van der Waals surface area contributed by atoms with Gasteiger partial charge in [-0.2, -0.15) is 0 Å². The van der Waals surface area contributed by atoms with Crippen LogP contribution in [0.1, 0.15) is 6.92 Å². The average Bonchev–Trinajstić information content (AvgIpc) is 2.36. The number of methoxy groups -OCH3 is 1. The summed E-state index contributed by atoms with van der Waals surface area (Å²) in [5.74, 6) is 0.865. The Balaban J connectivity index is 2.25. The molecule has 0 heterocycles. The highest BCUT2D eigenvalue weighted by Gasteiger charge is 2.00. The van der Waals surface area contributed by atoms with Crippen LogP contribution in [0.3, 0.4) is 0 Å². The summed E-state index contributed by atoms with van der Waals surface area (Å²) in [5.41, 5.74) is 1.02. The molecule has 0 aliphatic heterocycles. The predicted octanol–water partition coefficient (Wildman–Crippen LogP) is 2.16. The van der Waals surface area contributed by atoms with Gasteiger partial charge >= 0.3 is 0 Å². The molecular weight excluding hydrogens is 218 g/mol. The van der Waals surface area contributed by atoms with Gasteiger partial charge < -0.3 is 19.5 Å². The molecule has 1 rings (SSSR count). The van der Waals surface area contributed by atoms with E-state index in [2.05, 4.69) is 12.2 Å². The van der Waals surface area contributed by atoms with Crippen molar-refractivity contribution in [2.45, 2.75) is 6.92 Å². The number of ether oxygens (including phenoxy) is 3. The van der Waals surface area contributed by atoms with E-state index < -0.39 is 0 Å². The van der Waals surface area contributed by atoms with E-state index in [1.165, 1.54) is 0 Å². The first-order chi connectivity index (χ1) is 8.38. The summed E-state index contributed by atoms with van der Waals surface area (Å²) >= 11 is 0. The summed E-state index contributed by atoms with van der Waals surface area (Å²) in [4.78, 5) is 0. The highest BCUT2D eigenvalue weighted by Crippen LogP contribution is 2.23. The van der Waals surface area contributed by atoms with E-state index in [4.69, 9.17) is 14.2 Å². The fourth-order valence-corrected chi connectivity index (χ4v) is 1.38. The van der Waals surface area contributed by atoms with Crippen molar-refractivity contribution in [3.8, 4) is 5.75 Å². The van der Waals surface area contributed by atoms with E-state index in [0.29, 0.717) is 26.4 Å². The van der Waals surface area contributed by atoms with Crippen LogP contribution in [0.5, 0.6) is 5.75 Å². The van der Waals surface area contributed by atoms with Crippen molar-refractivity contribution in [3.63, 3.8) is 0 Å². The Bertz CT molecular complexity index is 304. The second-order valence-corrected chi connectivity index (χ2v) is 3.48. The van der Waals surface area contributed by atoms with Crippen LogP contribution in [0.25, 0.3) is 0 Å². The second kappa shape index (κ2) is 8.84. The Morgan fingerprint density at radius 3 is 2.59 bits per heavy atom. The Morgan fingerprint density at radius 2 is 1.82 bits per heavy atom. The number of rotatable bonds is 9. The molecule has 0 aliphatic carbocycles. The lowest BCUT2D eigenvalue weighted by Gasteiger charge is -2.12. The molecule has 0 unspecified atom stereocenters. The maximum Gasteiger partial charge on any atom is 0.142 e. The number of nitrogens with one attached hydrogen (secondary N) is 1. The average molecular weight is 239 g/mol. The minimum atomic E-state index is 0.548. The van der Waals surface area contributed by atoms with E-state index in [1.807, 2.05) is 24.3 Å². The van der Waals surface area contributed by atoms with Crippen molar-refractivity contribution in [1.82, 2.24) is 0 Å². The molecule has 0 bridgehead atoms. The maximum atomic E-state index is 5.64. The Morgan fingerprint density at radius 1 is 1.06 bits per heavy atom. The fraction of sp³-hybridized carbons (Fsp3) is 0.538. The first-order valence-electron chi connectivity index (χ1n) is 5.91. The van der Waals surface area contributed by atoms with Crippen LogP contribution in [0.2, 0.25) is 0 Å². The normalized spacial score (nSPS) is 10.2. The lowest BCUT2D eigenvalue weighted by atomic mass is 10.3.